The number of nitrogens with one attached hydrogen (secondary N) is 2. The monoisotopic (exact) mass is 262 g/mol. The molecule has 7 nitrogen and oxygen atoms in total. The number of aliphatic hydroxyl groups excluding tert-OH is 1. The SMILES string of the molecule is NC(=O)NCCNC(=O)c1cncc(C#CCO)c1. The Morgan fingerprint density at radius 1 is 1.32 bits per heavy atom. The Hall–Kier alpha value is -2.59. The topological polar surface area (TPSA) is 117 Å². The van der Waals surface area contributed by atoms with E-state index in [1.54, 1.807) is 6.07 Å². The maximum atomic E-state index is 11.7. The van der Waals surface area contributed by atoms with Gasteiger partial charge in [-0.2, -0.15) is 0 Å². The van der Waals surface area contributed by atoms with Crippen molar-refractivity contribution in [3.8, 4) is 11.8 Å². The van der Waals surface area contributed by atoms with Crippen LogP contribution in [0.15, 0.2) is 18.5 Å². The summed E-state index contributed by atoms with van der Waals surface area (Å²) in [5, 5.41) is 13.5. The van der Waals surface area contributed by atoms with E-state index in [0.717, 1.165) is 0 Å². The summed E-state index contributed by atoms with van der Waals surface area (Å²) < 4.78 is 0. The second kappa shape index (κ2) is 7.68. The third-order valence-electron chi connectivity index (χ3n) is 2.02. The summed E-state index contributed by atoms with van der Waals surface area (Å²) in [5.74, 6) is 4.80. The Labute approximate surface area is 110 Å². The van der Waals surface area contributed by atoms with Gasteiger partial charge < -0.3 is 21.5 Å². The summed E-state index contributed by atoms with van der Waals surface area (Å²) in [6.45, 7) is 0.252. The molecule has 0 saturated carbocycles. The van der Waals surface area contributed by atoms with Crippen LogP contribution in [-0.2, 0) is 0 Å². The average Bonchev–Trinajstić information content (AvgIpc) is 2.41. The smallest absolute Gasteiger partial charge is 0.312 e. The molecule has 1 heterocycles. The molecule has 1 aromatic rings. The van der Waals surface area contributed by atoms with Gasteiger partial charge in [-0.15, -0.1) is 0 Å². The van der Waals surface area contributed by atoms with Gasteiger partial charge in [0.25, 0.3) is 5.91 Å². The molecule has 0 aliphatic carbocycles. The predicted molar refractivity (Wildman–Crippen MR) is 68.1 cm³/mol. The number of aromatic nitrogens is 1. The highest BCUT2D eigenvalue weighted by Gasteiger charge is 2.05. The first-order valence-corrected chi connectivity index (χ1v) is 5.49. The fourth-order valence-electron chi connectivity index (χ4n) is 1.24. The van der Waals surface area contributed by atoms with Crippen molar-refractivity contribution >= 4 is 11.9 Å². The molecular formula is C12H14N4O3. The molecule has 5 N–H and O–H groups in total. The van der Waals surface area contributed by atoms with Crippen molar-refractivity contribution < 1.29 is 14.7 Å². The van der Waals surface area contributed by atoms with Gasteiger partial charge in [0, 0.05) is 31.0 Å². The molecule has 0 spiro atoms. The molecule has 0 aliphatic rings. The van der Waals surface area contributed by atoms with E-state index in [2.05, 4.69) is 27.5 Å². The van der Waals surface area contributed by atoms with E-state index in [1.807, 2.05) is 0 Å². The number of carbonyl (C=O) groups excluding carboxylic acids is 2. The molecule has 0 bridgehead atoms. The molecule has 0 unspecified atom stereocenters. The van der Waals surface area contributed by atoms with Gasteiger partial charge in [0.2, 0.25) is 0 Å². The number of nitrogens with zero attached hydrogens (tertiary/aromatic N) is 1. The van der Waals surface area contributed by atoms with Crippen LogP contribution in [0.3, 0.4) is 0 Å². The molecule has 7 heteroatoms. The maximum absolute atomic E-state index is 11.7. The van der Waals surface area contributed by atoms with Gasteiger partial charge in [0.1, 0.15) is 6.61 Å². The number of pyridine rings is 1. The Morgan fingerprint density at radius 2 is 2.05 bits per heavy atom. The van der Waals surface area contributed by atoms with Gasteiger partial charge in [-0.25, -0.2) is 4.79 Å². The molecule has 3 amide bonds. The summed E-state index contributed by atoms with van der Waals surface area (Å²) in [7, 11) is 0. The Morgan fingerprint density at radius 3 is 2.74 bits per heavy atom. The van der Waals surface area contributed by atoms with Crippen molar-refractivity contribution in [2.75, 3.05) is 19.7 Å². The lowest BCUT2D eigenvalue weighted by molar-refractivity contribution is 0.0953. The molecular weight excluding hydrogens is 248 g/mol. The van der Waals surface area contributed by atoms with Gasteiger partial charge in [-0.1, -0.05) is 11.8 Å². The zero-order chi connectivity index (χ0) is 14.1. The number of hydrogen-bond donors (Lipinski definition) is 4. The van der Waals surface area contributed by atoms with Gasteiger partial charge in [0.05, 0.1) is 5.56 Å². The number of primary amides is 1. The molecule has 0 atom stereocenters. The van der Waals surface area contributed by atoms with Gasteiger partial charge in [-0.3, -0.25) is 9.78 Å². The van der Waals surface area contributed by atoms with Crippen molar-refractivity contribution in [1.29, 1.82) is 0 Å². The van der Waals surface area contributed by atoms with Crippen LogP contribution in [0, 0.1) is 11.8 Å². The van der Waals surface area contributed by atoms with Crippen molar-refractivity contribution in [3.05, 3.63) is 29.6 Å². The van der Waals surface area contributed by atoms with Crippen LogP contribution >= 0.6 is 0 Å². The number of aliphatic hydroxyl groups is 1. The third-order valence-corrected chi connectivity index (χ3v) is 2.02. The van der Waals surface area contributed by atoms with Crippen LogP contribution in [-0.4, -0.2) is 41.7 Å². The van der Waals surface area contributed by atoms with E-state index in [1.165, 1.54) is 12.4 Å². The third kappa shape index (κ3) is 5.52. The average molecular weight is 262 g/mol. The highest BCUT2D eigenvalue weighted by molar-refractivity contribution is 5.94. The fraction of sp³-hybridized carbons (Fsp3) is 0.250. The van der Waals surface area contributed by atoms with Crippen LogP contribution < -0.4 is 16.4 Å². The first kappa shape index (κ1) is 14.5. The number of carbonyl (C=O) groups is 2. The molecule has 1 aromatic heterocycles. The van der Waals surface area contributed by atoms with Gasteiger partial charge in [0.15, 0.2) is 0 Å². The highest BCUT2D eigenvalue weighted by Crippen LogP contribution is 2.01. The molecule has 0 saturated heterocycles. The number of rotatable bonds is 4. The van der Waals surface area contributed by atoms with E-state index >= 15 is 0 Å². The maximum Gasteiger partial charge on any atom is 0.312 e. The molecule has 1 rings (SSSR count). The van der Waals surface area contributed by atoms with E-state index in [0.29, 0.717) is 11.1 Å². The summed E-state index contributed by atoms with van der Waals surface area (Å²) >= 11 is 0. The van der Waals surface area contributed by atoms with Crippen LogP contribution in [0.2, 0.25) is 0 Å². The Bertz CT molecular complexity index is 519. The molecule has 19 heavy (non-hydrogen) atoms. The second-order valence-corrected chi connectivity index (χ2v) is 3.47. The summed E-state index contributed by atoms with van der Waals surface area (Å²) in [6, 6.07) is 0.921. The lowest BCUT2D eigenvalue weighted by Gasteiger charge is -2.05. The minimum Gasteiger partial charge on any atom is -0.384 e. The van der Waals surface area contributed by atoms with Crippen molar-refractivity contribution in [1.82, 2.24) is 15.6 Å². The zero-order valence-corrected chi connectivity index (χ0v) is 10.1. The highest BCUT2D eigenvalue weighted by atomic mass is 16.2. The van der Waals surface area contributed by atoms with E-state index in [-0.39, 0.29) is 25.6 Å². The van der Waals surface area contributed by atoms with Crippen LogP contribution in [0.4, 0.5) is 4.79 Å². The molecule has 0 aromatic carbocycles. The van der Waals surface area contributed by atoms with Crippen molar-refractivity contribution in [3.63, 3.8) is 0 Å². The van der Waals surface area contributed by atoms with Crippen LogP contribution in [0.1, 0.15) is 15.9 Å². The van der Waals surface area contributed by atoms with Gasteiger partial charge in [-0.05, 0) is 6.07 Å². The summed E-state index contributed by atoms with van der Waals surface area (Å²) in [4.78, 5) is 26.0. The van der Waals surface area contributed by atoms with Gasteiger partial charge >= 0.3 is 6.03 Å². The number of urea groups is 1. The number of amides is 3. The number of nitrogens with two attached hydrogens (primary N) is 1. The normalized spacial score (nSPS) is 9.11. The van der Waals surface area contributed by atoms with E-state index in [9.17, 15) is 9.59 Å². The molecule has 0 radical (unpaired) electrons. The quantitative estimate of drug-likeness (QED) is 0.403. The first-order valence-electron chi connectivity index (χ1n) is 5.49. The lowest BCUT2D eigenvalue weighted by Crippen LogP contribution is -2.37. The molecule has 0 aliphatic heterocycles. The van der Waals surface area contributed by atoms with E-state index in [4.69, 9.17) is 10.8 Å². The lowest BCUT2D eigenvalue weighted by atomic mass is 10.2. The molecule has 0 fully saturated rings. The van der Waals surface area contributed by atoms with Crippen LogP contribution in [0.5, 0.6) is 0 Å². The second-order valence-electron chi connectivity index (χ2n) is 3.47. The van der Waals surface area contributed by atoms with E-state index < -0.39 is 6.03 Å². The fourth-order valence-corrected chi connectivity index (χ4v) is 1.24. The number of hydrogen-bond acceptors (Lipinski definition) is 4. The summed E-state index contributed by atoms with van der Waals surface area (Å²) in [6.07, 6.45) is 2.90. The Kier molecular flexibility index (Phi) is 5.85. The first-order chi connectivity index (χ1) is 9.13. The standard InChI is InChI=1S/C12H14N4O3/c13-12(19)16-4-3-15-11(18)10-6-9(2-1-5-17)7-14-8-10/h6-8,17H,3-5H2,(H,15,18)(H3,13,16,19). The van der Waals surface area contributed by atoms with Crippen LogP contribution in [0.25, 0.3) is 0 Å². The predicted octanol–water partition coefficient (Wildman–Crippen LogP) is -1.18. The minimum atomic E-state index is -0.641. The largest absolute Gasteiger partial charge is 0.384 e. The molecule has 100 valence electrons. The van der Waals surface area contributed by atoms with Crippen molar-refractivity contribution in [2.24, 2.45) is 5.73 Å². The van der Waals surface area contributed by atoms with Crippen molar-refractivity contribution in [2.45, 2.75) is 0 Å². The minimum absolute atomic E-state index is 0.249. The Balaban J connectivity index is 2.54. The zero-order valence-electron chi connectivity index (χ0n) is 10.1. The summed E-state index contributed by atoms with van der Waals surface area (Å²) in [5.41, 5.74) is 5.77.